The first-order valence-electron chi connectivity index (χ1n) is 33.0. The van der Waals surface area contributed by atoms with Gasteiger partial charge in [-0.2, -0.15) is 0 Å². The zero-order valence-corrected chi connectivity index (χ0v) is 57.7. The summed E-state index contributed by atoms with van der Waals surface area (Å²) in [6.45, 7) is 32.3. The van der Waals surface area contributed by atoms with Crippen LogP contribution in [-0.2, 0) is 47.6 Å². The van der Waals surface area contributed by atoms with Gasteiger partial charge in [0.15, 0.2) is 23.8 Å². The van der Waals surface area contributed by atoms with Crippen LogP contribution in [0.3, 0.4) is 0 Å². The highest BCUT2D eigenvalue weighted by Gasteiger charge is 2.75. The van der Waals surface area contributed by atoms with Crippen molar-refractivity contribution in [3.05, 3.63) is 94.1 Å². The zero-order chi connectivity index (χ0) is 70.1. The predicted molar refractivity (Wildman–Crippen MR) is 355 cm³/mol. The summed E-state index contributed by atoms with van der Waals surface area (Å²) in [5.74, 6) is -5.62. The van der Waals surface area contributed by atoms with Crippen LogP contribution < -0.4 is 10.6 Å². The highest BCUT2D eigenvalue weighted by Crippen LogP contribution is 2.69. The van der Waals surface area contributed by atoms with Gasteiger partial charge in [0.2, 0.25) is 0 Å². The van der Waals surface area contributed by atoms with Crippen molar-refractivity contribution in [1.82, 2.24) is 10.6 Å². The molecule has 8 aliphatic rings. The molecule has 0 radical (unpaired) electrons. The molecular formula is C74H110N2O20. The lowest BCUT2D eigenvalue weighted by Crippen LogP contribution is -2.75. The van der Waals surface area contributed by atoms with Gasteiger partial charge in [-0.25, -0.2) is 19.2 Å². The highest BCUT2D eigenvalue weighted by molar-refractivity contribution is 5.94. The lowest BCUT2D eigenvalue weighted by Gasteiger charge is -2.68. The molecule has 2 unspecified atom stereocenters. The van der Waals surface area contributed by atoms with Gasteiger partial charge in [-0.1, -0.05) is 131 Å². The van der Waals surface area contributed by atoms with E-state index in [2.05, 4.69) is 10.6 Å². The first-order valence-corrected chi connectivity index (χ1v) is 33.0. The van der Waals surface area contributed by atoms with E-state index in [9.17, 15) is 69.6 Å². The van der Waals surface area contributed by atoms with E-state index in [-0.39, 0.29) is 63.9 Å². The Labute approximate surface area is 566 Å². The Bertz CT molecular complexity index is 3120. The summed E-state index contributed by atoms with van der Waals surface area (Å²) < 4.78 is 34.3. The molecule has 0 spiro atoms. The molecule has 536 valence electrons. The van der Waals surface area contributed by atoms with Crippen molar-refractivity contribution in [2.75, 3.05) is 13.2 Å². The number of aliphatic hydroxyl groups excluding tert-OH is 6. The number of ketones is 2. The molecule has 2 amide bonds. The number of ether oxygens (including phenoxy) is 6. The highest BCUT2D eigenvalue weighted by atomic mass is 16.6. The molecule has 10 N–H and O–H groups in total. The van der Waals surface area contributed by atoms with E-state index in [1.54, 1.807) is 158 Å². The molecule has 2 aromatic carbocycles. The molecule has 6 fully saturated rings. The number of carbonyl (C=O) groups excluding carboxylic acids is 6. The van der Waals surface area contributed by atoms with E-state index < -0.39 is 175 Å². The first-order chi connectivity index (χ1) is 43.2. The molecule has 6 aliphatic carbocycles. The number of aliphatic hydroxyl groups is 8. The Morgan fingerprint density at radius 2 is 0.844 bits per heavy atom. The van der Waals surface area contributed by atoms with Crippen molar-refractivity contribution in [3.63, 3.8) is 0 Å². The lowest BCUT2D eigenvalue weighted by molar-refractivity contribution is -0.302. The Morgan fingerprint density at radius 3 is 1.11 bits per heavy atom. The standard InChI is InChI=1S/2C36H51NO10.2CH4/c2*1-18-21(46-30(42)27(40)25(20-13-11-10-12-14-20)37-31(43)47-32(3,4)5)16-36(44)19(2)28-34(8)17-45-23(34)15-22(38)35(28,9)29(41)26(39)24(18)33(36,6)7;;/h2*10-14,19,21-23,25-28,38-40,44H,15-17H2,1-9H3,(H,37,43);2*1H4/t2*19-,21-,22-,23+,25-,26+,27+,28?,34+,35+,36+;;/m00../s1. The Hall–Kier alpha value is -5.66. The maximum absolute atomic E-state index is 14.4. The fourth-order valence-electron chi connectivity index (χ4n) is 18.7. The number of fused-ring (bicyclic) bond motifs is 10. The third-order valence-electron chi connectivity index (χ3n) is 23.9. The van der Waals surface area contributed by atoms with Gasteiger partial charge >= 0.3 is 24.1 Å². The van der Waals surface area contributed by atoms with E-state index in [0.717, 1.165) is 0 Å². The van der Waals surface area contributed by atoms with Crippen LogP contribution in [-0.4, -0.2) is 173 Å². The first kappa shape index (κ1) is 77.7. The Kier molecular flexibility index (Phi) is 21.4. The minimum Gasteiger partial charge on any atom is -0.456 e. The summed E-state index contributed by atoms with van der Waals surface area (Å²) >= 11 is 0. The molecule has 96 heavy (non-hydrogen) atoms. The molecule has 4 saturated carbocycles. The van der Waals surface area contributed by atoms with Crippen molar-refractivity contribution in [2.45, 2.75) is 261 Å². The summed E-state index contributed by atoms with van der Waals surface area (Å²) in [4.78, 5) is 81.7. The van der Waals surface area contributed by atoms with Crippen molar-refractivity contribution in [2.24, 2.45) is 56.2 Å². The van der Waals surface area contributed by atoms with E-state index >= 15 is 0 Å². The number of benzene rings is 2. The number of alkyl carbamates (subject to hydrolysis) is 2. The molecule has 4 bridgehead atoms. The van der Waals surface area contributed by atoms with Crippen molar-refractivity contribution >= 4 is 35.7 Å². The van der Waals surface area contributed by atoms with Crippen molar-refractivity contribution < 1.29 is 98.0 Å². The molecule has 0 aromatic heterocycles. The molecule has 2 aliphatic heterocycles. The second kappa shape index (κ2) is 26.5. The fraction of sp³-hybridized carbons (Fsp3) is 0.703. The Morgan fingerprint density at radius 1 is 0.542 bits per heavy atom. The fourth-order valence-corrected chi connectivity index (χ4v) is 18.7. The second-order valence-electron chi connectivity index (χ2n) is 32.3. The molecule has 10 rings (SSSR count). The van der Waals surface area contributed by atoms with Crippen LogP contribution >= 0.6 is 0 Å². The number of hydrogen-bond donors (Lipinski definition) is 10. The Balaban J connectivity index is 0.000000265. The van der Waals surface area contributed by atoms with Gasteiger partial charge in [-0.3, -0.25) is 9.59 Å². The molecule has 2 saturated heterocycles. The van der Waals surface area contributed by atoms with Gasteiger partial charge in [0.1, 0.15) is 35.6 Å². The summed E-state index contributed by atoms with van der Waals surface area (Å²) in [7, 11) is 0. The summed E-state index contributed by atoms with van der Waals surface area (Å²) in [6.07, 6.45) is -13.6. The van der Waals surface area contributed by atoms with Crippen LogP contribution in [0.15, 0.2) is 83.0 Å². The minimum atomic E-state index is -1.87. The van der Waals surface area contributed by atoms with Crippen LogP contribution in [0.4, 0.5) is 9.59 Å². The molecule has 2 aromatic rings. The van der Waals surface area contributed by atoms with E-state index in [1.165, 1.54) is 0 Å². The van der Waals surface area contributed by atoms with Gasteiger partial charge in [0.05, 0.1) is 71.7 Å². The lowest BCUT2D eigenvalue weighted by atomic mass is 9.40. The topological polar surface area (TPSA) is 344 Å². The quantitative estimate of drug-likeness (QED) is 0.0611. The SMILES string of the molecule is C.C.CC1=C2[C@@H](O)C(=O)[C@@]3(C)C([C@H](C)[C@](O)(C[C@@H]1OC(=O)[C@H](O)[C@@H](NC(=O)OC(C)(C)C)c1ccccc1)C2(C)C)[C@]1(C)CO[C@@H]1C[C@@H]3O.CC1=C2[C@@H](O)C(=O)[C@@]3(C)C([C@H](C)[C@](O)(C[C@@H]1OC(=O)[C@H](O)[C@@H](NC(=O)OC(C)(C)C)c1ccccc1)C2(C)C)[C@]1(C)CO[C@@H]1C[C@@H]3O. The van der Waals surface area contributed by atoms with Crippen molar-refractivity contribution in [1.29, 1.82) is 0 Å². The van der Waals surface area contributed by atoms with Crippen LogP contribution in [0.2, 0.25) is 0 Å². The minimum absolute atomic E-state index is 0. The largest absolute Gasteiger partial charge is 0.456 e. The average molecular weight is 1350 g/mol. The van der Waals surface area contributed by atoms with Gasteiger partial charge in [0, 0.05) is 47.3 Å². The monoisotopic (exact) mass is 1350 g/mol. The van der Waals surface area contributed by atoms with Crippen molar-refractivity contribution in [3.8, 4) is 0 Å². The van der Waals surface area contributed by atoms with Crippen LogP contribution in [0.1, 0.15) is 188 Å². The number of rotatable bonds is 10. The van der Waals surface area contributed by atoms with Crippen LogP contribution in [0, 0.1) is 56.2 Å². The van der Waals surface area contributed by atoms with Crippen LogP contribution in [0.25, 0.3) is 0 Å². The number of esters is 2. The maximum atomic E-state index is 14.4. The van der Waals surface area contributed by atoms with Gasteiger partial charge in [-0.15, -0.1) is 0 Å². The summed E-state index contributed by atoms with van der Waals surface area (Å²) in [6, 6.07) is 14.4. The molecule has 2 heterocycles. The van der Waals surface area contributed by atoms with E-state index in [0.29, 0.717) is 35.5 Å². The second-order valence-corrected chi connectivity index (χ2v) is 32.3. The van der Waals surface area contributed by atoms with E-state index in [1.807, 2.05) is 27.7 Å². The number of nitrogens with one attached hydrogen (secondary N) is 2. The number of Topliss-reactive ketones (excluding diaryl/α,β-unsaturated/α-hetero) is 2. The number of hydrogen-bond acceptors (Lipinski definition) is 20. The summed E-state index contributed by atoms with van der Waals surface area (Å²) in [5.41, 5.74) is -8.97. The smallest absolute Gasteiger partial charge is 0.408 e. The van der Waals surface area contributed by atoms with Crippen LogP contribution in [0.5, 0.6) is 0 Å². The molecule has 22 nitrogen and oxygen atoms in total. The number of amides is 2. The van der Waals surface area contributed by atoms with Gasteiger partial charge in [-0.05, 0) is 126 Å². The predicted octanol–water partition coefficient (Wildman–Crippen LogP) is 8.02. The van der Waals surface area contributed by atoms with E-state index in [4.69, 9.17) is 28.4 Å². The number of carbonyl (C=O) groups is 6. The third-order valence-corrected chi connectivity index (χ3v) is 23.9. The van der Waals surface area contributed by atoms with Gasteiger partial charge < -0.3 is 79.9 Å². The molecule has 22 atom stereocenters. The zero-order valence-electron chi connectivity index (χ0n) is 57.7. The average Bonchev–Trinajstić information content (AvgIpc) is 0.683. The normalized spacial score (nSPS) is 38.4. The third kappa shape index (κ3) is 12.5. The summed E-state index contributed by atoms with van der Waals surface area (Å²) in [5, 5.41) is 100. The molecule has 22 heteroatoms. The maximum Gasteiger partial charge on any atom is 0.408 e. The molecular weight excluding hydrogens is 1240 g/mol. The van der Waals surface area contributed by atoms with Gasteiger partial charge in [0.25, 0.3) is 0 Å².